The summed E-state index contributed by atoms with van der Waals surface area (Å²) in [5.74, 6) is -1.03. The zero-order valence-corrected chi connectivity index (χ0v) is 16.8. The van der Waals surface area contributed by atoms with Crippen LogP contribution >= 0.6 is 0 Å². The molecule has 28 heavy (non-hydrogen) atoms. The number of hydrogen-bond acceptors (Lipinski definition) is 7. The second kappa shape index (κ2) is 12.0. The van der Waals surface area contributed by atoms with Crippen molar-refractivity contribution in [2.45, 2.75) is 76.8 Å². The van der Waals surface area contributed by atoms with Crippen LogP contribution in [0.15, 0.2) is 12.2 Å². The van der Waals surface area contributed by atoms with E-state index in [4.69, 9.17) is 14.2 Å². The zero-order valence-electron chi connectivity index (χ0n) is 16.8. The summed E-state index contributed by atoms with van der Waals surface area (Å²) in [5, 5.41) is 0. The van der Waals surface area contributed by atoms with Crippen LogP contribution < -0.4 is 0 Å². The zero-order chi connectivity index (χ0) is 20.4. The van der Waals surface area contributed by atoms with Gasteiger partial charge in [-0.05, 0) is 38.5 Å². The fraction of sp³-hybridized carbons (Fsp3) is 0.762. The summed E-state index contributed by atoms with van der Waals surface area (Å²) in [7, 11) is 1.38. The molecule has 0 amide bonds. The second-order valence-electron chi connectivity index (χ2n) is 7.41. The summed E-state index contributed by atoms with van der Waals surface area (Å²) >= 11 is 0. The molecule has 2 rings (SSSR count). The fourth-order valence-corrected chi connectivity index (χ4v) is 3.93. The van der Waals surface area contributed by atoms with Crippen LogP contribution in [-0.4, -0.2) is 50.4 Å². The number of aldehydes is 1. The highest BCUT2D eigenvalue weighted by atomic mass is 16.7. The Hall–Kier alpha value is -1.73. The predicted octanol–water partition coefficient (Wildman–Crippen LogP) is 2.95. The Morgan fingerprint density at radius 1 is 1.18 bits per heavy atom. The molecule has 0 spiro atoms. The van der Waals surface area contributed by atoms with Gasteiger partial charge in [-0.2, -0.15) is 0 Å². The van der Waals surface area contributed by atoms with Gasteiger partial charge in [-0.3, -0.25) is 9.59 Å². The van der Waals surface area contributed by atoms with Crippen molar-refractivity contribution in [1.29, 1.82) is 0 Å². The molecule has 1 aliphatic heterocycles. The molecule has 5 unspecified atom stereocenters. The highest BCUT2D eigenvalue weighted by Gasteiger charge is 2.46. The van der Waals surface area contributed by atoms with Gasteiger partial charge >= 0.3 is 11.9 Å². The van der Waals surface area contributed by atoms with Crippen LogP contribution in [-0.2, 0) is 33.3 Å². The van der Waals surface area contributed by atoms with Crippen LogP contribution in [0.4, 0.5) is 0 Å². The quantitative estimate of drug-likeness (QED) is 0.243. The number of esters is 2. The fourth-order valence-electron chi connectivity index (χ4n) is 3.93. The smallest absolute Gasteiger partial charge is 0.305 e. The molecule has 1 aliphatic carbocycles. The Kier molecular flexibility index (Phi) is 9.64. The Morgan fingerprint density at radius 3 is 2.64 bits per heavy atom. The third-order valence-corrected chi connectivity index (χ3v) is 5.36. The summed E-state index contributed by atoms with van der Waals surface area (Å²) < 4.78 is 21.8. The topological polar surface area (TPSA) is 88.1 Å². The molecule has 7 nitrogen and oxygen atoms in total. The maximum absolute atomic E-state index is 11.8. The van der Waals surface area contributed by atoms with Crippen LogP contribution in [0.1, 0.15) is 58.3 Å². The van der Waals surface area contributed by atoms with Gasteiger partial charge in [-0.1, -0.05) is 12.2 Å². The molecule has 0 N–H and O–H groups in total. The van der Waals surface area contributed by atoms with Crippen LogP contribution in [0, 0.1) is 11.8 Å². The average Bonchev–Trinajstić information content (AvgIpc) is 3.00. The molecule has 5 atom stereocenters. The molecular weight excluding hydrogens is 364 g/mol. The lowest BCUT2D eigenvalue weighted by Crippen LogP contribution is -2.32. The minimum atomic E-state index is -0.351. The van der Waals surface area contributed by atoms with Gasteiger partial charge in [-0.25, -0.2) is 0 Å². The molecule has 0 bridgehead atoms. The highest BCUT2D eigenvalue weighted by molar-refractivity contribution is 5.69. The van der Waals surface area contributed by atoms with Gasteiger partial charge in [0.1, 0.15) is 12.4 Å². The molecule has 0 radical (unpaired) electrons. The van der Waals surface area contributed by atoms with E-state index in [2.05, 4.69) is 4.74 Å². The Bertz CT molecular complexity index is 539. The van der Waals surface area contributed by atoms with E-state index >= 15 is 0 Å². The number of hydrogen-bond donors (Lipinski definition) is 0. The summed E-state index contributed by atoms with van der Waals surface area (Å²) in [6.45, 7) is 2.06. The van der Waals surface area contributed by atoms with Crippen molar-refractivity contribution in [3.05, 3.63) is 12.2 Å². The first-order chi connectivity index (χ1) is 13.5. The van der Waals surface area contributed by atoms with Crippen molar-refractivity contribution in [3.63, 3.8) is 0 Å². The molecule has 0 aromatic rings. The minimum absolute atomic E-state index is 0.119. The number of unbranched alkanes of at least 4 members (excludes halogenated alkanes) is 1. The SMILES string of the molecule is COC(=O)CCC/C=C\CC1C(OC(C)=O)CC(OC2CCCCO2)C1C=O. The van der Waals surface area contributed by atoms with E-state index in [9.17, 15) is 14.4 Å². The summed E-state index contributed by atoms with van der Waals surface area (Å²) in [6, 6.07) is 0. The first-order valence-electron chi connectivity index (χ1n) is 10.2. The molecule has 1 saturated heterocycles. The lowest BCUT2D eigenvalue weighted by Gasteiger charge is -2.27. The highest BCUT2D eigenvalue weighted by Crippen LogP contribution is 2.39. The number of carbonyl (C=O) groups excluding carboxylic acids is 3. The number of ether oxygens (including phenoxy) is 4. The van der Waals surface area contributed by atoms with Gasteiger partial charge in [-0.15, -0.1) is 0 Å². The molecule has 0 aromatic carbocycles. The maximum Gasteiger partial charge on any atom is 0.305 e. The minimum Gasteiger partial charge on any atom is -0.469 e. The third kappa shape index (κ3) is 7.02. The van der Waals surface area contributed by atoms with E-state index in [-0.39, 0.29) is 42.3 Å². The van der Waals surface area contributed by atoms with E-state index in [1.54, 1.807) is 0 Å². The average molecular weight is 396 g/mol. The van der Waals surface area contributed by atoms with Gasteiger partial charge in [0.05, 0.1) is 13.2 Å². The van der Waals surface area contributed by atoms with Crippen molar-refractivity contribution in [3.8, 4) is 0 Å². The first kappa shape index (κ1) is 22.6. The van der Waals surface area contributed by atoms with E-state index in [0.29, 0.717) is 32.3 Å². The lowest BCUT2D eigenvalue weighted by atomic mass is 9.91. The van der Waals surface area contributed by atoms with Crippen LogP contribution in [0.3, 0.4) is 0 Å². The van der Waals surface area contributed by atoms with E-state index < -0.39 is 0 Å². The normalized spacial score (nSPS) is 30.3. The molecule has 2 fully saturated rings. The van der Waals surface area contributed by atoms with E-state index in [1.165, 1.54) is 14.0 Å². The maximum atomic E-state index is 11.8. The number of carbonyl (C=O) groups is 3. The lowest BCUT2D eigenvalue weighted by molar-refractivity contribution is -0.195. The molecule has 1 saturated carbocycles. The van der Waals surface area contributed by atoms with Crippen LogP contribution in [0.2, 0.25) is 0 Å². The molecule has 1 heterocycles. The molecule has 7 heteroatoms. The molecular formula is C21H32O7. The van der Waals surface area contributed by atoms with E-state index in [0.717, 1.165) is 32.0 Å². The predicted molar refractivity (Wildman–Crippen MR) is 101 cm³/mol. The van der Waals surface area contributed by atoms with Gasteiger partial charge in [0.25, 0.3) is 0 Å². The second-order valence-corrected chi connectivity index (χ2v) is 7.41. The number of methoxy groups -OCH3 is 1. The molecule has 158 valence electrons. The van der Waals surface area contributed by atoms with Gasteiger partial charge in [0.15, 0.2) is 6.29 Å². The van der Waals surface area contributed by atoms with Crippen LogP contribution in [0.25, 0.3) is 0 Å². The summed E-state index contributed by atoms with van der Waals surface area (Å²) in [4.78, 5) is 34.4. The summed E-state index contributed by atoms with van der Waals surface area (Å²) in [5.41, 5.74) is 0. The van der Waals surface area contributed by atoms with E-state index in [1.807, 2.05) is 12.2 Å². The standard InChI is InChI=1S/C21H32O7/c1-15(23)27-18-13-19(28-21-11-7-8-12-26-21)17(14-22)16(18)9-5-3-4-6-10-20(24)25-2/h3,5,14,16-19,21H,4,6-13H2,1-2H3/b5-3-. The number of rotatable bonds is 10. The van der Waals surface area contributed by atoms with Crippen molar-refractivity contribution in [2.24, 2.45) is 11.8 Å². The third-order valence-electron chi connectivity index (χ3n) is 5.36. The summed E-state index contributed by atoms with van der Waals surface area (Å²) in [6.07, 6.45) is 9.85. The number of allylic oxidation sites excluding steroid dienone is 2. The molecule has 2 aliphatic rings. The molecule has 0 aromatic heterocycles. The Morgan fingerprint density at radius 2 is 2.00 bits per heavy atom. The van der Waals surface area contributed by atoms with Gasteiger partial charge < -0.3 is 23.7 Å². The van der Waals surface area contributed by atoms with Gasteiger partial charge in [0.2, 0.25) is 0 Å². The van der Waals surface area contributed by atoms with Crippen molar-refractivity contribution >= 4 is 18.2 Å². The largest absolute Gasteiger partial charge is 0.469 e. The Balaban J connectivity index is 1.91. The Labute approximate surface area is 166 Å². The van der Waals surface area contributed by atoms with Crippen molar-refractivity contribution < 1.29 is 33.3 Å². The first-order valence-corrected chi connectivity index (χ1v) is 10.2. The van der Waals surface area contributed by atoms with Crippen LogP contribution in [0.5, 0.6) is 0 Å². The monoisotopic (exact) mass is 396 g/mol. The van der Waals surface area contributed by atoms with Crippen molar-refractivity contribution in [1.82, 2.24) is 0 Å². The van der Waals surface area contributed by atoms with Crippen molar-refractivity contribution in [2.75, 3.05) is 13.7 Å². The van der Waals surface area contributed by atoms with Gasteiger partial charge in [0, 0.05) is 38.2 Å².